The molecule has 2 aromatic heterocycles. The fourth-order valence-electron chi connectivity index (χ4n) is 5.11. The summed E-state index contributed by atoms with van der Waals surface area (Å²) in [7, 11) is 3.25. The van der Waals surface area contributed by atoms with Crippen molar-refractivity contribution in [3.8, 4) is 17.1 Å². The molecule has 10 heteroatoms. The number of aryl methyl sites for hydroxylation is 1. The summed E-state index contributed by atoms with van der Waals surface area (Å²) in [5.41, 5.74) is 2.86. The van der Waals surface area contributed by atoms with Gasteiger partial charge in [-0.1, -0.05) is 18.2 Å². The van der Waals surface area contributed by atoms with Gasteiger partial charge in [0.1, 0.15) is 29.9 Å². The summed E-state index contributed by atoms with van der Waals surface area (Å²) < 4.78 is 56.8. The Morgan fingerprint density at radius 2 is 1.68 bits per heavy atom. The van der Waals surface area contributed by atoms with Gasteiger partial charge in [-0.25, -0.2) is 27.9 Å². The first-order valence-electron chi connectivity index (χ1n) is 14.2. The van der Waals surface area contributed by atoms with Crippen LogP contribution in [0.1, 0.15) is 58.2 Å². The second-order valence-electron chi connectivity index (χ2n) is 10.7. The molecule has 2 heterocycles. The van der Waals surface area contributed by atoms with Crippen LogP contribution in [0.15, 0.2) is 66.7 Å². The second-order valence-corrected chi connectivity index (χ2v) is 10.7. The topological polar surface area (TPSA) is 86.5 Å². The van der Waals surface area contributed by atoms with Crippen molar-refractivity contribution in [1.29, 1.82) is 0 Å². The van der Waals surface area contributed by atoms with Gasteiger partial charge < -0.3 is 19.1 Å². The number of ether oxygens (including phenoxy) is 2. The summed E-state index contributed by atoms with van der Waals surface area (Å²) in [5, 5.41) is 9.44. The number of aromatic nitrogens is 3. The molecule has 0 aliphatic heterocycles. The highest BCUT2D eigenvalue weighted by molar-refractivity contribution is 5.92. The number of benzene rings is 3. The van der Waals surface area contributed by atoms with Crippen molar-refractivity contribution < 1.29 is 32.5 Å². The molecule has 0 spiro atoms. The third kappa shape index (κ3) is 6.60. The zero-order valence-electron chi connectivity index (χ0n) is 24.6. The second kappa shape index (κ2) is 13.3. The maximum absolute atomic E-state index is 15.4. The Morgan fingerprint density at radius 1 is 0.932 bits per heavy atom. The van der Waals surface area contributed by atoms with Crippen molar-refractivity contribution in [2.24, 2.45) is 0 Å². The summed E-state index contributed by atoms with van der Waals surface area (Å²) in [5.74, 6) is -2.00. The SMILES string of the molecule is COC.Cc1ccc(COc2cccc(-c3cc(F)c(Cc4nc5ccc(C(=O)O)cc5n4C4CCC4)cc3F)n2)c(F)c1. The smallest absolute Gasteiger partial charge is 0.335 e. The maximum atomic E-state index is 15.4. The Bertz CT molecular complexity index is 1820. The first-order chi connectivity index (χ1) is 21.2. The predicted molar refractivity (Wildman–Crippen MR) is 160 cm³/mol. The van der Waals surface area contributed by atoms with E-state index in [1.165, 1.54) is 12.1 Å². The Kier molecular flexibility index (Phi) is 9.29. The maximum Gasteiger partial charge on any atom is 0.335 e. The highest BCUT2D eigenvalue weighted by atomic mass is 19.1. The van der Waals surface area contributed by atoms with Crippen molar-refractivity contribution in [3.63, 3.8) is 0 Å². The number of imidazole rings is 1. The minimum absolute atomic E-state index is 0.0307. The number of fused-ring (bicyclic) bond motifs is 1. The molecule has 1 aliphatic rings. The van der Waals surface area contributed by atoms with E-state index in [1.807, 2.05) is 4.57 Å². The van der Waals surface area contributed by atoms with Gasteiger partial charge in [0.05, 0.1) is 22.3 Å². The van der Waals surface area contributed by atoms with Crippen LogP contribution in [0.25, 0.3) is 22.3 Å². The van der Waals surface area contributed by atoms with Crippen LogP contribution in [0.5, 0.6) is 5.88 Å². The number of carboxylic acids is 1. The fourth-order valence-corrected chi connectivity index (χ4v) is 5.11. The lowest BCUT2D eigenvalue weighted by Gasteiger charge is -2.29. The number of halogens is 3. The normalized spacial score (nSPS) is 12.9. The van der Waals surface area contributed by atoms with Crippen LogP contribution in [-0.2, 0) is 17.8 Å². The molecule has 0 radical (unpaired) electrons. The summed E-state index contributed by atoms with van der Waals surface area (Å²) in [6, 6.07) is 16.7. The molecule has 0 unspecified atom stereocenters. The quantitative estimate of drug-likeness (QED) is 0.196. The van der Waals surface area contributed by atoms with E-state index in [2.05, 4.69) is 14.7 Å². The highest BCUT2D eigenvalue weighted by Crippen LogP contribution is 2.37. The van der Waals surface area contributed by atoms with Crippen LogP contribution < -0.4 is 4.74 Å². The number of hydrogen-bond donors (Lipinski definition) is 1. The molecule has 0 amide bonds. The lowest BCUT2D eigenvalue weighted by Crippen LogP contribution is -2.19. The van der Waals surface area contributed by atoms with E-state index >= 15 is 8.78 Å². The predicted octanol–water partition coefficient (Wildman–Crippen LogP) is 7.68. The van der Waals surface area contributed by atoms with E-state index in [1.54, 1.807) is 63.6 Å². The van der Waals surface area contributed by atoms with Gasteiger partial charge in [0.2, 0.25) is 5.88 Å². The summed E-state index contributed by atoms with van der Waals surface area (Å²) in [6.07, 6.45) is 2.89. The van der Waals surface area contributed by atoms with Crippen LogP contribution in [0.4, 0.5) is 13.2 Å². The van der Waals surface area contributed by atoms with Gasteiger partial charge in [0.25, 0.3) is 0 Å². The number of hydrogen-bond acceptors (Lipinski definition) is 5. The molecule has 44 heavy (non-hydrogen) atoms. The van der Waals surface area contributed by atoms with Gasteiger partial charge >= 0.3 is 5.97 Å². The molecule has 1 aliphatic carbocycles. The molecule has 1 N–H and O–H groups in total. The molecule has 0 bridgehead atoms. The lowest BCUT2D eigenvalue weighted by atomic mass is 9.92. The van der Waals surface area contributed by atoms with Gasteiger partial charge in [-0.2, -0.15) is 0 Å². The van der Waals surface area contributed by atoms with Gasteiger partial charge in [0, 0.05) is 43.9 Å². The first kappa shape index (κ1) is 30.7. The van der Waals surface area contributed by atoms with Gasteiger partial charge in [-0.05, 0) is 79.8 Å². The van der Waals surface area contributed by atoms with E-state index in [9.17, 15) is 14.3 Å². The van der Waals surface area contributed by atoms with E-state index in [4.69, 9.17) is 4.74 Å². The Hall–Kier alpha value is -4.70. The number of aromatic carboxylic acids is 1. The number of methoxy groups -OCH3 is 1. The minimum Gasteiger partial charge on any atom is -0.478 e. The molecular weight excluding hydrogens is 571 g/mol. The number of carbonyl (C=O) groups is 1. The van der Waals surface area contributed by atoms with Gasteiger partial charge in [0.15, 0.2) is 0 Å². The van der Waals surface area contributed by atoms with Crippen LogP contribution in [-0.4, -0.2) is 39.8 Å². The van der Waals surface area contributed by atoms with Crippen molar-refractivity contribution in [3.05, 3.63) is 112 Å². The third-order valence-electron chi connectivity index (χ3n) is 7.52. The minimum atomic E-state index is -1.04. The number of carboxylic acid groups (broad SMARTS) is 1. The number of pyridine rings is 1. The molecule has 7 nitrogen and oxygen atoms in total. The van der Waals surface area contributed by atoms with Crippen LogP contribution in [0.2, 0.25) is 0 Å². The summed E-state index contributed by atoms with van der Waals surface area (Å²) >= 11 is 0. The molecular formula is C34H32F3N3O4. The Morgan fingerprint density at radius 3 is 2.36 bits per heavy atom. The van der Waals surface area contributed by atoms with Crippen molar-refractivity contribution in [2.45, 2.75) is 45.3 Å². The fraction of sp³-hybridized carbons (Fsp3) is 0.265. The summed E-state index contributed by atoms with van der Waals surface area (Å²) in [6.45, 7) is 1.73. The lowest BCUT2D eigenvalue weighted by molar-refractivity contribution is 0.0697. The molecule has 1 fully saturated rings. The molecule has 1 saturated carbocycles. The molecule has 0 saturated heterocycles. The number of nitrogens with zero attached hydrogens (tertiary/aromatic N) is 3. The standard InChI is InChI=1S/C32H26F3N3O3.C2H6O/c1-18-8-9-20(24(33)12-18)17-41-31-7-3-6-27(37-31)23-16-25(34)21(13-26(23)35)15-30-36-28-11-10-19(32(39)40)14-29(28)38(30)22-4-2-5-22;1-3-2/h3,6-14,16,22H,2,4-5,15,17H2,1H3,(H,39,40);1-2H3. The summed E-state index contributed by atoms with van der Waals surface area (Å²) in [4.78, 5) is 20.5. The molecule has 5 aromatic rings. The van der Waals surface area contributed by atoms with Crippen LogP contribution in [0, 0.1) is 24.4 Å². The molecule has 6 rings (SSSR count). The molecule has 0 atom stereocenters. The third-order valence-corrected chi connectivity index (χ3v) is 7.52. The van der Waals surface area contributed by atoms with Crippen LogP contribution in [0.3, 0.4) is 0 Å². The average Bonchev–Trinajstić information content (AvgIpc) is 3.30. The van der Waals surface area contributed by atoms with E-state index in [0.29, 0.717) is 22.4 Å². The zero-order chi connectivity index (χ0) is 31.4. The number of rotatable bonds is 8. The monoisotopic (exact) mass is 603 g/mol. The first-order valence-corrected chi connectivity index (χ1v) is 14.2. The van der Waals surface area contributed by atoms with Crippen molar-refractivity contribution in [1.82, 2.24) is 14.5 Å². The Balaban J connectivity index is 0.00000123. The van der Waals surface area contributed by atoms with E-state index in [0.717, 1.165) is 37.0 Å². The zero-order valence-corrected chi connectivity index (χ0v) is 24.6. The van der Waals surface area contributed by atoms with Crippen molar-refractivity contribution >= 4 is 17.0 Å². The molecule has 228 valence electrons. The van der Waals surface area contributed by atoms with Gasteiger partial charge in [-0.3, -0.25) is 0 Å². The average molecular weight is 604 g/mol. The van der Waals surface area contributed by atoms with E-state index in [-0.39, 0.29) is 47.3 Å². The highest BCUT2D eigenvalue weighted by Gasteiger charge is 2.26. The Labute approximate surface area is 252 Å². The van der Waals surface area contributed by atoms with Crippen LogP contribution >= 0.6 is 0 Å². The largest absolute Gasteiger partial charge is 0.478 e. The van der Waals surface area contributed by atoms with E-state index < -0.39 is 23.4 Å². The van der Waals surface area contributed by atoms with Gasteiger partial charge in [-0.15, -0.1) is 0 Å². The van der Waals surface area contributed by atoms with Crippen molar-refractivity contribution in [2.75, 3.05) is 14.2 Å². The molecule has 3 aromatic carbocycles.